The third-order valence-corrected chi connectivity index (χ3v) is 3.31. The maximum Gasteiger partial charge on any atom is 0.356 e. The molecule has 0 aliphatic carbocycles. The molecule has 3 rings (SSSR count). The van der Waals surface area contributed by atoms with Crippen molar-refractivity contribution < 1.29 is 18.3 Å². The zero-order valence-electron chi connectivity index (χ0n) is 12.1. The fraction of sp³-hybridized carbons (Fsp3) is 0.0588. The number of pyridine rings is 1. The van der Waals surface area contributed by atoms with Crippen LogP contribution in [-0.2, 0) is 4.74 Å². The molecule has 3 aromatic rings. The van der Waals surface area contributed by atoms with Crippen molar-refractivity contribution in [1.82, 2.24) is 4.98 Å². The van der Waals surface area contributed by atoms with Gasteiger partial charge < -0.3 is 10.1 Å². The first-order valence-electron chi connectivity index (χ1n) is 6.78. The molecule has 0 bridgehead atoms. The summed E-state index contributed by atoms with van der Waals surface area (Å²) >= 11 is 0. The maximum atomic E-state index is 14.0. The molecule has 1 aromatic heterocycles. The highest BCUT2D eigenvalue weighted by Gasteiger charge is 2.14. The molecule has 1 N–H and O–H groups in total. The van der Waals surface area contributed by atoms with Crippen molar-refractivity contribution in [1.29, 1.82) is 0 Å². The Labute approximate surface area is 130 Å². The van der Waals surface area contributed by atoms with Crippen molar-refractivity contribution in [3.05, 3.63) is 65.9 Å². The van der Waals surface area contributed by atoms with Gasteiger partial charge in [-0.15, -0.1) is 0 Å². The first kappa shape index (κ1) is 14.9. The lowest BCUT2D eigenvalue weighted by atomic mass is 10.1. The van der Waals surface area contributed by atoms with Crippen molar-refractivity contribution >= 4 is 28.2 Å². The van der Waals surface area contributed by atoms with E-state index in [1.54, 1.807) is 24.3 Å². The minimum atomic E-state index is -0.669. The number of aromatic nitrogens is 1. The quantitative estimate of drug-likeness (QED) is 0.741. The van der Waals surface area contributed by atoms with Gasteiger partial charge in [0.05, 0.1) is 12.8 Å². The van der Waals surface area contributed by atoms with Crippen LogP contribution in [0.1, 0.15) is 10.5 Å². The highest BCUT2D eigenvalue weighted by atomic mass is 19.1. The molecule has 0 fully saturated rings. The molecular weight excluding hydrogens is 302 g/mol. The second-order valence-corrected chi connectivity index (χ2v) is 4.81. The summed E-state index contributed by atoms with van der Waals surface area (Å²) in [4.78, 5) is 15.7. The van der Waals surface area contributed by atoms with Gasteiger partial charge in [0.1, 0.15) is 17.2 Å². The van der Waals surface area contributed by atoms with E-state index in [1.807, 2.05) is 0 Å². The maximum absolute atomic E-state index is 14.0. The number of esters is 1. The molecule has 116 valence electrons. The number of para-hydroxylation sites is 1. The number of nitrogens with zero attached hydrogens (tertiary/aromatic N) is 1. The molecule has 0 aliphatic heterocycles. The number of anilines is 2. The topological polar surface area (TPSA) is 51.2 Å². The van der Waals surface area contributed by atoms with E-state index in [1.165, 1.54) is 31.4 Å². The Hall–Kier alpha value is -3.02. The number of carbonyl (C=O) groups excluding carboxylic acids is 1. The zero-order chi connectivity index (χ0) is 16.4. The molecule has 0 radical (unpaired) electrons. The SMILES string of the molecule is COC(=O)c1cc(Nc2ccc(F)cc2)c2cccc(F)c2n1. The average Bonchev–Trinajstić information content (AvgIpc) is 2.57. The standard InChI is InChI=1S/C17H12F2N2O2/c1-23-17(22)15-9-14(20-11-7-5-10(18)6-8-11)12-3-2-4-13(19)16(12)21-15/h2-9H,1H3,(H,20,21). The van der Waals surface area contributed by atoms with Crippen LogP contribution in [0.5, 0.6) is 0 Å². The minimum absolute atomic E-state index is 0.0188. The van der Waals surface area contributed by atoms with Crippen molar-refractivity contribution in [2.24, 2.45) is 0 Å². The van der Waals surface area contributed by atoms with Gasteiger partial charge in [-0.05, 0) is 36.4 Å². The van der Waals surface area contributed by atoms with Crippen LogP contribution in [0.2, 0.25) is 0 Å². The number of methoxy groups -OCH3 is 1. The highest BCUT2D eigenvalue weighted by molar-refractivity contribution is 5.98. The molecule has 23 heavy (non-hydrogen) atoms. The number of fused-ring (bicyclic) bond motifs is 1. The normalized spacial score (nSPS) is 10.6. The van der Waals surface area contributed by atoms with E-state index < -0.39 is 11.8 Å². The Balaban J connectivity index is 2.15. The molecule has 2 aromatic carbocycles. The molecule has 0 spiro atoms. The molecule has 0 saturated heterocycles. The van der Waals surface area contributed by atoms with E-state index in [2.05, 4.69) is 15.0 Å². The van der Waals surface area contributed by atoms with Gasteiger partial charge in [0.15, 0.2) is 5.69 Å². The molecule has 0 unspecified atom stereocenters. The summed E-state index contributed by atoms with van der Waals surface area (Å²) in [5, 5.41) is 3.54. The predicted molar refractivity (Wildman–Crippen MR) is 82.7 cm³/mol. The Morgan fingerprint density at radius 2 is 1.87 bits per heavy atom. The van der Waals surface area contributed by atoms with E-state index in [9.17, 15) is 13.6 Å². The fourth-order valence-corrected chi connectivity index (χ4v) is 2.21. The van der Waals surface area contributed by atoms with E-state index >= 15 is 0 Å². The minimum Gasteiger partial charge on any atom is -0.464 e. The van der Waals surface area contributed by atoms with Crippen LogP contribution in [-0.4, -0.2) is 18.1 Å². The van der Waals surface area contributed by atoms with E-state index in [0.29, 0.717) is 16.8 Å². The number of rotatable bonds is 3. The largest absolute Gasteiger partial charge is 0.464 e. The lowest BCUT2D eigenvalue weighted by Crippen LogP contribution is -2.06. The average molecular weight is 314 g/mol. The predicted octanol–water partition coefficient (Wildman–Crippen LogP) is 4.04. The summed E-state index contributed by atoms with van der Waals surface area (Å²) in [5.41, 5.74) is 1.11. The number of benzene rings is 2. The van der Waals surface area contributed by atoms with Gasteiger partial charge in [0, 0.05) is 11.1 Å². The van der Waals surface area contributed by atoms with Gasteiger partial charge >= 0.3 is 5.97 Å². The van der Waals surface area contributed by atoms with Gasteiger partial charge in [-0.25, -0.2) is 18.6 Å². The highest BCUT2D eigenvalue weighted by Crippen LogP contribution is 2.28. The lowest BCUT2D eigenvalue weighted by Gasteiger charge is -2.12. The third kappa shape index (κ3) is 2.96. The number of hydrogen-bond donors (Lipinski definition) is 1. The van der Waals surface area contributed by atoms with Gasteiger partial charge in [-0.3, -0.25) is 0 Å². The van der Waals surface area contributed by atoms with Crippen LogP contribution in [0, 0.1) is 11.6 Å². The molecule has 4 nitrogen and oxygen atoms in total. The second-order valence-electron chi connectivity index (χ2n) is 4.81. The summed E-state index contributed by atoms with van der Waals surface area (Å²) in [6.45, 7) is 0. The molecular formula is C17H12F2N2O2. The summed E-state index contributed by atoms with van der Waals surface area (Å²) in [6, 6.07) is 11.6. The first-order valence-corrected chi connectivity index (χ1v) is 6.78. The van der Waals surface area contributed by atoms with Gasteiger partial charge in [-0.2, -0.15) is 0 Å². The van der Waals surface area contributed by atoms with E-state index in [-0.39, 0.29) is 17.0 Å². The Morgan fingerprint density at radius 1 is 1.13 bits per heavy atom. The Bertz CT molecular complexity index is 880. The summed E-state index contributed by atoms with van der Waals surface area (Å²) in [7, 11) is 1.22. The van der Waals surface area contributed by atoms with Crippen LogP contribution < -0.4 is 5.32 Å². The second kappa shape index (κ2) is 6.00. The Kier molecular flexibility index (Phi) is 3.89. The number of nitrogens with one attached hydrogen (secondary N) is 1. The zero-order valence-corrected chi connectivity index (χ0v) is 12.1. The Morgan fingerprint density at radius 3 is 2.57 bits per heavy atom. The van der Waals surface area contributed by atoms with Crippen LogP contribution in [0.15, 0.2) is 48.5 Å². The number of hydrogen-bond acceptors (Lipinski definition) is 4. The third-order valence-electron chi connectivity index (χ3n) is 3.31. The van der Waals surface area contributed by atoms with Gasteiger partial charge in [0.2, 0.25) is 0 Å². The van der Waals surface area contributed by atoms with Crippen LogP contribution in [0.3, 0.4) is 0 Å². The van der Waals surface area contributed by atoms with Crippen LogP contribution >= 0.6 is 0 Å². The monoisotopic (exact) mass is 314 g/mol. The summed E-state index contributed by atoms with van der Waals surface area (Å²) in [6.07, 6.45) is 0. The van der Waals surface area contributed by atoms with Crippen molar-refractivity contribution in [3.8, 4) is 0 Å². The summed E-state index contributed by atoms with van der Waals surface area (Å²) in [5.74, 6) is -1.58. The van der Waals surface area contributed by atoms with Crippen LogP contribution in [0.25, 0.3) is 10.9 Å². The number of ether oxygens (including phenoxy) is 1. The smallest absolute Gasteiger partial charge is 0.356 e. The molecule has 6 heteroatoms. The molecule has 0 aliphatic rings. The molecule has 0 atom stereocenters. The lowest BCUT2D eigenvalue weighted by molar-refractivity contribution is 0.0594. The molecule has 1 heterocycles. The van der Waals surface area contributed by atoms with Crippen molar-refractivity contribution in [3.63, 3.8) is 0 Å². The number of halogens is 2. The first-order chi connectivity index (χ1) is 11.1. The van der Waals surface area contributed by atoms with Crippen molar-refractivity contribution in [2.45, 2.75) is 0 Å². The van der Waals surface area contributed by atoms with Gasteiger partial charge in [0.25, 0.3) is 0 Å². The van der Waals surface area contributed by atoms with Crippen LogP contribution in [0.4, 0.5) is 20.2 Å². The van der Waals surface area contributed by atoms with E-state index in [4.69, 9.17) is 0 Å². The van der Waals surface area contributed by atoms with E-state index in [0.717, 1.165) is 0 Å². The molecule has 0 saturated carbocycles. The van der Waals surface area contributed by atoms with Gasteiger partial charge in [-0.1, -0.05) is 12.1 Å². The number of carbonyl (C=O) groups is 1. The fourth-order valence-electron chi connectivity index (χ4n) is 2.21. The van der Waals surface area contributed by atoms with Crippen molar-refractivity contribution in [2.75, 3.05) is 12.4 Å². The molecule has 0 amide bonds. The summed E-state index contributed by atoms with van der Waals surface area (Å²) < 4.78 is 31.7.